The van der Waals surface area contributed by atoms with Crippen LogP contribution >= 0.6 is 23.4 Å². The lowest BCUT2D eigenvalue weighted by atomic mass is 10.2. The van der Waals surface area contributed by atoms with Gasteiger partial charge in [0, 0.05) is 17.8 Å². The lowest BCUT2D eigenvalue weighted by Gasteiger charge is -2.13. The maximum Gasteiger partial charge on any atom is 0.317 e. The smallest absolute Gasteiger partial charge is 0.317 e. The van der Waals surface area contributed by atoms with Crippen LogP contribution in [-0.2, 0) is 17.9 Å². The molecule has 0 radical (unpaired) electrons. The molecule has 2 rings (SSSR count). The van der Waals surface area contributed by atoms with E-state index in [1.165, 1.54) is 11.8 Å². The summed E-state index contributed by atoms with van der Waals surface area (Å²) in [5.74, 6) is -0.833. The van der Waals surface area contributed by atoms with Gasteiger partial charge in [0.05, 0.1) is 12.3 Å². The molecule has 1 unspecified atom stereocenters. The fourth-order valence-electron chi connectivity index (χ4n) is 2.27. The molecule has 1 atom stereocenters. The summed E-state index contributed by atoms with van der Waals surface area (Å²) in [6.07, 6.45) is 4.16. The Labute approximate surface area is 150 Å². The van der Waals surface area contributed by atoms with Gasteiger partial charge >= 0.3 is 5.97 Å². The average molecular weight is 369 g/mol. The van der Waals surface area contributed by atoms with E-state index < -0.39 is 11.2 Å². The summed E-state index contributed by atoms with van der Waals surface area (Å²) < 4.78 is 1.88. The Morgan fingerprint density at radius 2 is 2.08 bits per heavy atom. The fraction of sp³-hybridized carbons (Fsp3) is 0.412. The number of carbonyl (C=O) groups is 1. The summed E-state index contributed by atoms with van der Waals surface area (Å²) in [4.78, 5) is 15.8. The first-order valence-corrected chi connectivity index (χ1v) is 9.10. The van der Waals surface area contributed by atoms with E-state index in [2.05, 4.69) is 4.98 Å². The lowest BCUT2D eigenvalue weighted by molar-refractivity contribution is -0.136. The number of thioether (sulfide) groups is 1. The number of aliphatic hydroxyl groups excluding tert-OH is 1. The third-order valence-corrected chi connectivity index (χ3v) is 5.07. The molecule has 1 aromatic carbocycles. The molecule has 0 fully saturated rings. The summed E-state index contributed by atoms with van der Waals surface area (Å²) >= 11 is 7.14. The molecule has 5 nitrogen and oxygen atoms in total. The van der Waals surface area contributed by atoms with Crippen LogP contribution in [0.2, 0.25) is 5.02 Å². The van der Waals surface area contributed by atoms with Crippen molar-refractivity contribution >= 4 is 29.3 Å². The number of rotatable bonds is 9. The van der Waals surface area contributed by atoms with E-state index in [0.29, 0.717) is 28.8 Å². The van der Waals surface area contributed by atoms with Gasteiger partial charge in [-0.3, -0.25) is 4.79 Å². The van der Waals surface area contributed by atoms with Gasteiger partial charge in [0.2, 0.25) is 0 Å². The second-order valence-corrected chi connectivity index (χ2v) is 7.12. The molecule has 0 spiro atoms. The second-order valence-electron chi connectivity index (χ2n) is 5.51. The SMILES string of the molecule is CCCCC(Sc1nc(CO)cn1Cc1ccc(Cl)cc1)C(=O)O. The summed E-state index contributed by atoms with van der Waals surface area (Å²) in [5, 5.41) is 19.5. The highest BCUT2D eigenvalue weighted by Crippen LogP contribution is 2.27. The Morgan fingerprint density at radius 3 is 2.67 bits per heavy atom. The van der Waals surface area contributed by atoms with Crippen molar-refractivity contribution in [2.75, 3.05) is 0 Å². The molecule has 0 aliphatic heterocycles. The molecule has 24 heavy (non-hydrogen) atoms. The molecular weight excluding hydrogens is 348 g/mol. The van der Waals surface area contributed by atoms with E-state index in [1.807, 2.05) is 35.8 Å². The minimum atomic E-state index is -0.833. The van der Waals surface area contributed by atoms with Crippen molar-refractivity contribution in [3.05, 3.63) is 46.7 Å². The Kier molecular flexibility index (Phi) is 7.15. The maximum absolute atomic E-state index is 11.5. The molecule has 0 amide bonds. The predicted octanol–water partition coefficient (Wildman–Crippen LogP) is 3.81. The highest BCUT2D eigenvalue weighted by molar-refractivity contribution is 8.00. The molecule has 0 aliphatic carbocycles. The first-order chi connectivity index (χ1) is 11.5. The van der Waals surface area contributed by atoms with Gasteiger partial charge in [-0.05, 0) is 24.1 Å². The second kappa shape index (κ2) is 9.11. The molecule has 2 N–H and O–H groups in total. The third-order valence-electron chi connectivity index (χ3n) is 3.56. The first kappa shape index (κ1) is 18.8. The molecule has 1 aromatic heterocycles. The molecule has 1 heterocycles. The van der Waals surface area contributed by atoms with Gasteiger partial charge in [-0.1, -0.05) is 55.3 Å². The van der Waals surface area contributed by atoms with Gasteiger partial charge in [-0.25, -0.2) is 4.98 Å². The number of hydrogen-bond donors (Lipinski definition) is 2. The molecule has 0 saturated heterocycles. The van der Waals surface area contributed by atoms with Crippen LogP contribution in [0.25, 0.3) is 0 Å². The molecule has 130 valence electrons. The van der Waals surface area contributed by atoms with Crippen molar-refractivity contribution in [2.45, 2.75) is 49.7 Å². The number of aliphatic carboxylic acids is 1. The summed E-state index contributed by atoms with van der Waals surface area (Å²) in [6, 6.07) is 7.46. The number of aromatic nitrogens is 2. The third kappa shape index (κ3) is 5.26. The van der Waals surface area contributed by atoms with E-state index >= 15 is 0 Å². The first-order valence-electron chi connectivity index (χ1n) is 7.84. The van der Waals surface area contributed by atoms with E-state index in [0.717, 1.165) is 18.4 Å². The Bertz CT molecular complexity index is 673. The van der Waals surface area contributed by atoms with Crippen molar-refractivity contribution in [3.8, 4) is 0 Å². The highest BCUT2D eigenvalue weighted by Gasteiger charge is 2.21. The van der Waals surface area contributed by atoms with Crippen LogP contribution in [0.1, 0.15) is 37.4 Å². The Morgan fingerprint density at radius 1 is 1.38 bits per heavy atom. The van der Waals surface area contributed by atoms with Gasteiger partial charge < -0.3 is 14.8 Å². The number of hydrogen-bond acceptors (Lipinski definition) is 4. The van der Waals surface area contributed by atoms with Crippen LogP contribution in [0.15, 0.2) is 35.6 Å². The summed E-state index contributed by atoms with van der Waals surface area (Å²) in [6.45, 7) is 2.41. The van der Waals surface area contributed by atoms with E-state index in [1.54, 1.807) is 6.20 Å². The van der Waals surface area contributed by atoms with Crippen LogP contribution in [-0.4, -0.2) is 31.0 Å². The zero-order valence-corrected chi connectivity index (χ0v) is 15.1. The van der Waals surface area contributed by atoms with E-state index in [9.17, 15) is 15.0 Å². The van der Waals surface area contributed by atoms with Crippen LogP contribution in [0.5, 0.6) is 0 Å². The number of unbranched alkanes of at least 4 members (excludes halogenated alkanes) is 1. The zero-order chi connectivity index (χ0) is 17.5. The van der Waals surface area contributed by atoms with Crippen molar-refractivity contribution in [3.63, 3.8) is 0 Å². The zero-order valence-electron chi connectivity index (χ0n) is 13.5. The standard InChI is InChI=1S/C17H21ClN2O3S/c1-2-3-4-15(16(22)23)24-17-19-14(11-21)10-20(17)9-12-5-7-13(18)8-6-12/h5-8,10,15,21H,2-4,9,11H2,1H3,(H,22,23). The fourth-order valence-corrected chi connectivity index (χ4v) is 3.46. The number of carboxylic acids is 1. The predicted molar refractivity (Wildman–Crippen MR) is 95.5 cm³/mol. The monoisotopic (exact) mass is 368 g/mol. The Balaban J connectivity index is 2.20. The largest absolute Gasteiger partial charge is 0.480 e. The van der Waals surface area contributed by atoms with Crippen molar-refractivity contribution in [2.24, 2.45) is 0 Å². The van der Waals surface area contributed by atoms with Gasteiger partial charge in [0.15, 0.2) is 5.16 Å². The van der Waals surface area contributed by atoms with Crippen LogP contribution < -0.4 is 0 Å². The molecule has 0 aliphatic rings. The number of carboxylic acid groups (broad SMARTS) is 1. The summed E-state index contributed by atoms with van der Waals surface area (Å²) in [7, 11) is 0. The summed E-state index contributed by atoms with van der Waals surface area (Å²) in [5.41, 5.74) is 1.56. The topological polar surface area (TPSA) is 75.4 Å². The minimum absolute atomic E-state index is 0.173. The lowest BCUT2D eigenvalue weighted by Crippen LogP contribution is -2.17. The quantitative estimate of drug-likeness (QED) is 0.658. The maximum atomic E-state index is 11.5. The van der Waals surface area contributed by atoms with Crippen molar-refractivity contribution in [1.29, 1.82) is 0 Å². The number of aliphatic hydroxyl groups is 1. The van der Waals surface area contributed by atoms with Crippen LogP contribution in [0, 0.1) is 0 Å². The van der Waals surface area contributed by atoms with Crippen LogP contribution in [0.3, 0.4) is 0 Å². The van der Waals surface area contributed by atoms with Crippen molar-refractivity contribution < 1.29 is 15.0 Å². The number of halogens is 1. The molecule has 7 heteroatoms. The number of imidazole rings is 1. The molecule has 2 aromatic rings. The van der Waals surface area contributed by atoms with Gasteiger partial charge in [-0.15, -0.1) is 0 Å². The minimum Gasteiger partial charge on any atom is -0.480 e. The van der Waals surface area contributed by atoms with Gasteiger partial charge in [0.25, 0.3) is 0 Å². The average Bonchev–Trinajstić information content (AvgIpc) is 2.95. The normalized spacial score (nSPS) is 12.3. The molecular formula is C17H21ClN2O3S. The Hall–Kier alpha value is -1.50. The van der Waals surface area contributed by atoms with E-state index in [-0.39, 0.29) is 6.61 Å². The van der Waals surface area contributed by atoms with E-state index in [4.69, 9.17) is 11.6 Å². The molecule has 0 saturated carbocycles. The van der Waals surface area contributed by atoms with Crippen molar-refractivity contribution in [1.82, 2.24) is 9.55 Å². The van der Waals surface area contributed by atoms with Crippen LogP contribution in [0.4, 0.5) is 0 Å². The van der Waals surface area contributed by atoms with Gasteiger partial charge in [0.1, 0.15) is 5.25 Å². The number of nitrogens with zero attached hydrogens (tertiary/aromatic N) is 2. The number of benzene rings is 1. The molecule has 0 bridgehead atoms. The van der Waals surface area contributed by atoms with Gasteiger partial charge in [-0.2, -0.15) is 0 Å². The highest BCUT2D eigenvalue weighted by atomic mass is 35.5.